The predicted octanol–water partition coefficient (Wildman–Crippen LogP) is 2.68. The summed E-state index contributed by atoms with van der Waals surface area (Å²) in [7, 11) is 0. The van der Waals surface area contributed by atoms with Gasteiger partial charge in [0.2, 0.25) is 0 Å². The van der Waals surface area contributed by atoms with E-state index in [1.54, 1.807) is 0 Å². The highest BCUT2D eigenvalue weighted by Gasteiger charge is 2.47. The Morgan fingerprint density at radius 3 is 2.88 bits per heavy atom. The normalized spacial score (nSPS) is 23.6. The average Bonchev–Trinajstić information content (AvgIpc) is 3.29. The van der Waals surface area contributed by atoms with E-state index < -0.39 is 0 Å². The highest BCUT2D eigenvalue weighted by molar-refractivity contribution is 6.00. The van der Waals surface area contributed by atoms with Gasteiger partial charge in [-0.05, 0) is 55.8 Å². The lowest BCUT2D eigenvalue weighted by Gasteiger charge is -2.39. The van der Waals surface area contributed by atoms with E-state index in [0.29, 0.717) is 6.04 Å². The SMILES string of the molecule is CCc1cc2c(cc1-n1cc(C3CCCN3)nn1)N=C(N)C21CCC1. The molecule has 3 N–H and O–H groups in total. The molecule has 1 saturated carbocycles. The first-order valence-corrected chi connectivity index (χ1v) is 9.39. The van der Waals surface area contributed by atoms with Crippen LogP contribution in [-0.4, -0.2) is 27.4 Å². The summed E-state index contributed by atoms with van der Waals surface area (Å²) in [5.41, 5.74) is 12.0. The molecule has 2 aromatic rings. The maximum Gasteiger partial charge on any atom is 0.110 e. The van der Waals surface area contributed by atoms with Crippen molar-refractivity contribution in [2.75, 3.05) is 6.54 Å². The molecule has 1 saturated heterocycles. The topological polar surface area (TPSA) is 81.1 Å². The fourth-order valence-corrected chi connectivity index (χ4v) is 4.52. The second kappa shape index (κ2) is 5.39. The second-order valence-corrected chi connectivity index (χ2v) is 7.52. The summed E-state index contributed by atoms with van der Waals surface area (Å²) < 4.78 is 1.91. The molecule has 1 aromatic heterocycles. The maximum atomic E-state index is 6.30. The van der Waals surface area contributed by atoms with Crippen LogP contribution in [0.1, 0.15) is 61.9 Å². The van der Waals surface area contributed by atoms with Gasteiger partial charge in [-0.2, -0.15) is 0 Å². The first-order chi connectivity index (χ1) is 12.2. The van der Waals surface area contributed by atoms with Gasteiger partial charge in [-0.1, -0.05) is 24.6 Å². The quantitative estimate of drug-likeness (QED) is 0.903. The molecule has 1 spiro atoms. The fourth-order valence-electron chi connectivity index (χ4n) is 4.52. The summed E-state index contributed by atoms with van der Waals surface area (Å²) in [6.07, 6.45) is 8.83. The Kier molecular flexibility index (Phi) is 3.25. The molecule has 3 heterocycles. The third-order valence-corrected chi connectivity index (χ3v) is 6.21. The molecule has 2 aliphatic heterocycles. The van der Waals surface area contributed by atoms with Gasteiger partial charge in [-0.15, -0.1) is 5.10 Å². The van der Waals surface area contributed by atoms with Crippen molar-refractivity contribution in [1.29, 1.82) is 0 Å². The minimum Gasteiger partial charge on any atom is -0.386 e. The molecule has 0 amide bonds. The van der Waals surface area contributed by atoms with Crippen LogP contribution >= 0.6 is 0 Å². The van der Waals surface area contributed by atoms with E-state index in [1.807, 2.05) is 4.68 Å². The molecule has 0 bridgehead atoms. The highest BCUT2D eigenvalue weighted by atomic mass is 15.4. The van der Waals surface area contributed by atoms with Gasteiger partial charge >= 0.3 is 0 Å². The van der Waals surface area contributed by atoms with Crippen LogP contribution in [0.15, 0.2) is 23.3 Å². The van der Waals surface area contributed by atoms with Gasteiger partial charge < -0.3 is 11.1 Å². The third-order valence-electron chi connectivity index (χ3n) is 6.21. The number of amidine groups is 1. The van der Waals surface area contributed by atoms with Crippen molar-refractivity contribution in [3.63, 3.8) is 0 Å². The summed E-state index contributed by atoms with van der Waals surface area (Å²) in [6.45, 7) is 3.25. The van der Waals surface area contributed by atoms with Crippen LogP contribution < -0.4 is 11.1 Å². The summed E-state index contributed by atoms with van der Waals surface area (Å²) in [5.74, 6) is 0.794. The summed E-state index contributed by atoms with van der Waals surface area (Å²) in [4.78, 5) is 4.69. The van der Waals surface area contributed by atoms with E-state index in [-0.39, 0.29) is 5.41 Å². The molecular formula is C19H24N6. The Bertz CT molecular complexity index is 855. The Hall–Kier alpha value is -2.21. The number of hydrogen-bond donors (Lipinski definition) is 2. The van der Waals surface area contributed by atoms with Gasteiger partial charge in [0.25, 0.3) is 0 Å². The summed E-state index contributed by atoms with van der Waals surface area (Å²) >= 11 is 0. The minimum absolute atomic E-state index is 0.0130. The van der Waals surface area contributed by atoms with Crippen LogP contribution in [-0.2, 0) is 11.8 Å². The molecule has 1 unspecified atom stereocenters. The number of hydrogen-bond acceptors (Lipinski definition) is 5. The van der Waals surface area contributed by atoms with E-state index in [1.165, 1.54) is 24.0 Å². The van der Waals surface area contributed by atoms with Crippen molar-refractivity contribution >= 4 is 11.5 Å². The lowest BCUT2D eigenvalue weighted by Crippen LogP contribution is -2.44. The van der Waals surface area contributed by atoms with Gasteiger partial charge in [-0.25, -0.2) is 9.67 Å². The van der Waals surface area contributed by atoms with E-state index in [0.717, 1.165) is 55.1 Å². The van der Waals surface area contributed by atoms with Crippen LogP contribution in [0, 0.1) is 0 Å². The molecule has 3 aliphatic rings. The number of rotatable bonds is 3. The lowest BCUT2D eigenvalue weighted by atomic mass is 9.64. The van der Waals surface area contributed by atoms with Crippen LogP contribution in [0.4, 0.5) is 5.69 Å². The van der Waals surface area contributed by atoms with Gasteiger partial charge in [0.1, 0.15) is 11.5 Å². The highest BCUT2D eigenvalue weighted by Crippen LogP contribution is 2.52. The number of nitrogens with zero attached hydrogens (tertiary/aromatic N) is 4. The first-order valence-electron chi connectivity index (χ1n) is 9.39. The van der Waals surface area contributed by atoms with Crippen molar-refractivity contribution in [1.82, 2.24) is 20.3 Å². The van der Waals surface area contributed by atoms with Gasteiger partial charge in [0, 0.05) is 0 Å². The Labute approximate surface area is 147 Å². The fraction of sp³-hybridized carbons (Fsp3) is 0.526. The summed E-state index contributed by atoms with van der Waals surface area (Å²) in [6, 6.07) is 4.79. The van der Waals surface area contributed by atoms with E-state index in [4.69, 9.17) is 10.7 Å². The molecular weight excluding hydrogens is 312 g/mol. The number of benzene rings is 1. The molecule has 130 valence electrons. The molecule has 6 nitrogen and oxygen atoms in total. The number of aromatic nitrogens is 3. The van der Waals surface area contributed by atoms with Gasteiger partial charge in [-0.3, -0.25) is 0 Å². The van der Waals surface area contributed by atoms with Crippen LogP contribution in [0.5, 0.6) is 0 Å². The van der Waals surface area contributed by atoms with E-state index >= 15 is 0 Å². The second-order valence-electron chi connectivity index (χ2n) is 7.52. The van der Waals surface area contributed by atoms with Crippen molar-refractivity contribution in [2.24, 2.45) is 10.7 Å². The number of fused-ring (bicyclic) bond motifs is 2. The molecule has 1 aliphatic carbocycles. The zero-order valence-electron chi connectivity index (χ0n) is 14.6. The predicted molar refractivity (Wildman–Crippen MR) is 97.5 cm³/mol. The standard InChI is InChI=1S/C19H24N6/c1-2-12-9-13-15(22-18(20)19(13)6-4-7-19)10-17(12)25-11-16(23-24-25)14-5-3-8-21-14/h9-11,14,21H,2-8H2,1H3,(H2,20,22). The van der Waals surface area contributed by atoms with Crippen molar-refractivity contribution in [3.8, 4) is 5.69 Å². The van der Waals surface area contributed by atoms with Gasteiger partial charge in [0.05, 0.1) is 29.0 Å². The maximum absolute atomic E-state index is 6.30. The number of nitrogens with one attached hydrogen (secondary N) is 1. The largest absolute Gasteiger partial charge is 0.386 e. The monoisotopic (exact) mass is 336 g/mol. The number of aliphatic imine (C=N–C) groups is 1. The van der Waals surface area contributed by atoms with Crippen LogP contribution in [0.2, 0.25) is 0 Å². The molecule has 5 rings (SSSR count). The first kappa shape index (κ1) is 15.1. The van der Waals surface area contributed by atoms with E-state index in [2.05, 4.69) is 40.9 Å². The van der Waals surface area contributed by atoms with Gasteiger partial charge in [0.15, 0.2) is 0 Å². The van der Waals surface area contributed by atoms with Crippen molar-refractivity contribution in [3.05, 3.63) is 35.2 Å². The summed E-state index contributed by atoms with van der Waals surface area (Å²) in [5, 5.41) is 12.3. The number of aryl methyl sites for hydroxylation is 1. The average molecular weight is 336 g/mol. The molecule has 1 atom stereocenters. The molecule has 6 heteroatoms. The zero-order chi connectivity index (χ0) is 17.0. The van der Waals surface area contributed by atoms with Crippen molar-refractivity contribution in [2.45, 2.75) is 56.9 Å². The Morgan fingerprint density at radius 2 is 2.20 bits per heavy atom. The minimum atomic E-state index is 0.0130. The zero-order valence-corrected chi connectivity index (χ0v) is 14.6. The molecule has 0 radical (unpaired) electrons. The van der Waals surface area contributed by atoms with E-state index in [9.17, 15) is 0 Å². The molecule has 1 aromatic carbocycles. The van der Waals surface area contributed by atoms with Crippen molar-refractivity contribution < 1.29 is 0 Å². The molecule has 25 heavy (non-hydrogen) atoms. The Morgan fingerprint density at radius 1 is 1.32 bits per heavy atom. The number of nitrogens with two attached hydrogens (primary N) is 1. The van der Waals surface area contributed by atoms with Crippen LogP contribution in [0.3, 0.4) is 0 Å². The Balaban J connectivity index is 1.57. The smallest absolute Gasteiger partial charge is 0.110 e. The third kappa shape index (κ3) is 2.10. The lowest BCUT2D eigenvalue weighted by molar-refractivity contribution is 0.344. The molecule has 2 fully saturated rings. The van der Waals surface area contributed by atoms with Crippen LogP contribution in [0.25, 0.3) is 5.69 Å².